The van der Waals surface area contributed by atoms with Crippen molar-refractivity contribution in [1.29, 1.82) is 0 Å². The molecule has 0 radical (unpaired) electrons. The summed E-state index contributed by atoms with van der Waals surface area (Å²) in [7, 11) is 0. The van der Waals surface area contributed by atoms with Crippen LogP contribution in [0, 0.1) is 0 Å². The highest BCUT2D eigenvalue weighted by Gasteiger charge is 2.26. The van der Waals surface area contributed by atoms with E-state index in [4.69, 9.17) is 4.52 Å². The SMILES string of the molecule is CCc1ccc(NC(=O)Cn2c(=O)c(-c3noc(CC)n3)c3n(c2=O)CCCC3)cc1. The van der Waals surface area contributed by atoms with Crippen molar-refractivity contribution < 1.29 is 9.32 Å². The van der Waals surface area contributed by atoms with Crippen molar-refractivity contribution in [2.75, 3.05) is 5.32 Å². The number of carbonyl (C=O) groups excluding carboxylic acids is 1. The van der Waals surface area contributed by atoms with Crippen LogP contribution in [0.1, 0.15) is 43.8 Å². The molecule has 0 fully saturated rings. The highest BCUT2D eigenvalue weighted by atomic mass is 16.5. The molecule has 1 aromatic carbocycles. The number of rotatable bonds is 6. The molecule has 0 saturated heterocycles. The van der Waals surface area contributed by atoms with Crippen LogP contribution in [-0.2, 0) is 37.1 Å². The minimum atomic E-state index is -0.571. The summed E-state index contributed by atoms with van der Waals surface area (Å²) < 4.78 is 7.71. The fourth-order valence-corrected chi connectivity index (χ4v) is 3.83. The van der Waals surface area contributed by atoms with E-state index >= 15 is 0 Å². The van der Waals surface area contributed by atoms with E-state index in [0.29, 0.717) is 36.7 Å². The van der Waals surface area contributed by atoms with E-state index < -0.39 is 17.2 Å². The standard InChI is InChI=1S/C22H25N5O4/c1-3-14-8-10-15(11-9-14)23-17(28)13-27-21(29)19(20-24-18(4-2)31-25-20)16-7-5-6-12-26(16)22(27)30/h8-11H,3-7,12-13H2,1-2H3,(H,23,28). The fourth-order valence-electron chi connectivity index (χ4n) is 3.83. The summed E-state index contributed by atoms with van der Waals surface area (Å²) in [5.74, 6) is 0.125. The number of fused-ring (bicyclic) bond motifs is 1. The van der Waals surface area contributed by atoms with Crippen LogP contribution in [-0.4, -0.2) is 25.2 Å². The number of benzene rings is 1. The van der Waals surface area contributed by atoms with Gasteiger partial charge >= 0.3 is 5.69 Å². The predicted octanol–water partition coefficient (Wildman–Crippen LogP) is 2.16. The number of amides is 1. The van der Waals surface area contributed by atoms with Crippen LogP contribution in [0.3, 0.4) is 0 Å². The number of carbonyl (C=O) groups is 1. The quantitative estimate of drug-likeness (QED) is 0.650. The van der Waals surface area contributed by atoms with Crippen molar-refractivity contribution in [1.82, 2.24) is 19.3 Å². The van der Waals surface area contributed by atoms with Gasteiger partial charge in [0.1, 0.15) is 12.1 Å². The maximum atomic E-state index is 13.3. The first-order valence-corrected chi connectivity index (χ1v) is 10.6. The van der Waals surface area contributed by atoms with Crippen molar-refractivity contribution in [2.45, 2.75) is 59.0 Å². The number of nitrogens with zero attached hydrogens (tertiary/aromatic N) is 4. The molecular formula is C22H25N5O4. The lowest BCUT2D eigenvalue weighted by atomic mass is 10.0. The lowest BCUT2D eigenvalue weighted by molar-refractivity contribution is -0.116. The van der Waals surface area contributed by atoms with Gasteiger partial charge in [0.15, 0.2) is 0 Å². The molecule has 0 spiro atoms. The Balaban J connectivity index is 1.71. The number of aromatic nitrogens is 4. The Morgan fingerprint density at radius 2 is 1.90 bits per heavy atom. The molecule has 1 aliphatic rings. The maximum absolute atomic E-state index is 13.3. The monoisotopic (exact) mass is 423 g/mol. The molecule has 2 aromatic heterocycles. The Hall–Kier alpha value is -3.49. The van der Waals surface area contributed by atoms with Gasteiger partial charge < -0.3 is 9.84 Å². The highest BCUT2D eigenvalue weighted by molar-refractivity contribution is 5.90. The lowest BCUT2D eigenvalue weighted by Gasteiger charge is -2.21. The van der Waals surface area contributed by atoms with E-state index in [0.717, 1.165) is 29.4 Å². The third-order valence-corrected chi connectivity index (χ3v) is 5.52. The first kappa shape index (κ1) is 20.8. The largest absolute Gasteiger partial charge is 0.339 e. The fraction of sp³-hybridized carbons (Fsp3) is 0.409. The van der Waals surface area contributed by atoms with Gasteiger partial charge in [-0.05, 0) is 43.4 Å². The summed E-state index contributed by atoms with van der Waals surface area (Å²) >= 11 is 0. The van der Waals surface area contributed by atoms with Gasteiger partial charge in [0.2, 0.25) is 17.6 Å². The summed E-state index contributed by atoms with van der Waals surface area (Å²) in [5, 5.41) is 6.70. The number of aryl methyl sites for hydroxylation is 2. The van der Waals surface area contributed by atoms with Gasteiger partial charge in [-0.25, -0.2) is 4.79 Å². The smallest absolute Gasteiger partial charge is 0.331 e. The molecule has 31 heavy (non-hydrogen) atoms. The minimum Gasteiger partial charge on any atom is -0.339 e. The molecule has 9 nitrogen and oxygen atoms in total. The van der Waals surface area contributed by atoms with Crippen molar-refractivity contribution >= 4 is 11.6 Å². The van der Waals surface area contributed by atoms with Crippen molar-refractivity contribution in [3.63, 3.8) is 0 Å². The van der Waals surface area contributed by atoms with E-state index in [9.17, 15) is 14.4 Å². The predicted molar refractivity (Wildman–Crippen MR) is 115 cm³/mol. The molecule has 0 unspecified atom stereocenters. The van der Waals surface area contributed by atoms with Gasteiger partial charge in [0.25, 0.3) is 5.56 Å². The van der Waals surface area contributed by atoms with Gasteiger partial charge in [-0.15, -0.1) is 0 Å². The van der Waals surface area contributed by atoms with Crippen molar-refractivity contribution in [3.8, 4) is 11.4 Å². The second-order valence-corrected chi connectivity index (χ2v) is 7.57. The third kappa shape index (κ3) is 4.08. The summed E-state index contributed by atoms with van der Waals surface area (Å²) in [4.78, 5) is 43.2. The Labute approximate surface area is 178 Å². The zero-order chi connectivity index (χ0) is 22.0. The van der Waals surface area contributed by atoms with E-state index in [2.05, 4.69) is 15.5 Å². The average molecular weight is 423 g/mol. The molecule has 3 heterocycles. The van der Waals surface area contributed by atoms with E-state index in [1.807, 2.05) is 26.0 Å². The van der Waals surface area contributed by atoms with Crippen LogP contribution in [0.5, 0.6) is 0 Å². The maximum Gasteiger partial charge on any atom is 0.331 e. The topological polar surface area (TPSA) is 112 Å². The van der Waals surface area contributed by atoms with E-state index in [-0.39, 0.29) is 17.9 Å². The molecule has 0 bridgehead atoms. The molecule has 1 amide bonds. The van der Waals surface area contributed by atoms with Crippen LogP contribution in [0.2, 0.25) is 0 Å². The van der Waals surface area contributed by atoms with Gasteiger partial charge in [-0.2, -0.15) is 4.98 Å². The zero-order valence-corrected chi connectivity index (χ0v) is 17.7. The summed E-state index contributed by atoms with van der Waals surface area (Å²) in [6.45, 7) is 4.02. The third-order valence-electron chi connectivity index (χ3n) is 5.52. The van der Waals surface area contributed by atoms with Gasteiger partial charge in [-0.1, -0.05) is 31.1 Å². The number of hydrogen-bond donors (Lipinski definition) is 1. The zero-order valence-electron chi connectivity index (χ0n) is 17.7. The first-order chi connectivity index (χ1) is 15.0. The Morgan fingerprint density at radius 1 is 1.13 bits per heavy atom. The Bertz CT molecular complexity index is 1220. The Kier molecular flexibility index (Phi) is 5.83. The average Bonchev–Trinajstić information content (AvgIpc) is 3.26. The number of hydrogen-bond acceptors (Lipinski definition) is 6. The first-order valence-electron chi connectivity index (χ1n) is 10.6. The van der Waals surface area contributed by atoms with Gasteiger partial charge in [-0.3, -0.25) is 18.7 Å². The molecular weight excluding hydrogens is 398 g/mol. The van der Waals surface area contributed by atoms with Crippen LogP contribution in [0.4, 0.5) is 5.69 Å². The minimum absolute atomic E-state index is 0.164. The van der Waals surface area contributed by atoms with Gasteiger partial charge in [0, 0.05) is 24.3 Å². The molecule has 9 heteroatoms. The molecule has 0 saturated carbocycles. The molecule has 0 atom stereocenters. The van der Waals surface area contributed by atoms with E-state index in [1.165, 1.54) is 0 Å². The van der Waals surface area contributed by atoms with Crippen LogP contribution in [0.15, 0.2) is 38.4 Å². The molecule has 0 aliphatic carbocycles. The van der Waals surface area contributed by atoms with Crippen LogP contribution >= 0.6 is 0 Å². The van der Waals surface area contributed by atoms with Crippen molar-refractivity contribution in [2.24, 2.45) is 0 Å². The van der Waals surface area contributed by atoms with Crippen LogP contribution in [0.25, 0.3) is 11.4 Å². The normalized spacial score (nSPS) is 13.1. The highest BCUT2D eigenvalue weighted by Crippen LogP contribution is 2.22. The van der Waals surface area contributed by atoms with Gasteiger partial charge in [0.05, 0.1) is 0 Å². The molecule has 3 aromatic rings. The molecule has 1 aliphatic heterocycles. The van der Waals surface area contributed by atoms with Crippen LogP contribution < -0.4 is 16.6 Å². The molecule has 4 rings (SSSR count). The summed E-state index contributed by atoms with van der Waals surface area (Å²) in [6, 6.07) is 7.46. The van der Waals surface area contributed by atoms with Crippen molar-refractivity contribution in [3.05, 3.63) is 62.3 Å². The molecule has 162 valence electrons. The molecule has 1 N–H and O–H groups in total. The summed E-state index contributed by atoms with van der Waals surface area (Å²) in [5.41, 5.74) is 1.55. The summed E-state index contributed by atoms with van der Waals surface area (Å²) in [6.07, 6.45) is 3.70. The number of nitrogens with one attached hydrogen (secondary N) is 1. The second-order valence-electron chi connectivity index (χ2n) is 7.57. The van der Waals surface area contributed by atoms with E-state index in [1.54, 1.807) is 16.7 Å². The lowest BCUT2D eigenvalue weighted by Crippen LogP contribution is -2.45. The Morgan fingerprint density at radius 3 is 2.58 bits per heavy atom. The second kappa shape index (κ2) is 8.71. The number of anilines is 1.